The fourth-order valence-electron chi connectivity index (χ4n) is 1.49. The number of hydrogen-bond acceptors (Lipinski definition) is 2. The Balaban J connectivity index is 2.39. The van der Waals surface area contributed by atoms with Gasteiger partial charge in [-0.1, -0.05) is 0 Å². The van der Waals surface area contributed by atoms with Crippen molar-refractivity contribution in [1.82, 2.24) is 5.32 Å². The quantitative estimate of drug-likeness (QED) is 0.566. The zero-order chi connectivity index (χ0) is 7.61. The highest BCUT2D eigenvalue weighted by Gasteiger charge is 2.25. The second-order valence-corrected chi connectivity index (χ2v) is 3.86. The Labute approximate surface area is 63.2 Å². The standard InChI is InChI=1S/C8H18N2/c1-8(2,9)7-4-3-5-10-6-7/h7,10H,3-6,9H2,1-2H3. The van der Waals surface area contributed by atoms with Crippen LogP contribution in [0, 0.1) is 5.92 Å². The molecule has 1 heterocycles. The van der Waals surface area contributed by atoms with Gasteiger partial charge in [0, 0.05) is 5.54 Å². The van der Waals surface area contributed by atoms with Gasteiger partial charge < -0.3 is 11.1 Å². The molecular weight excluding hydrogens is 124 g/mol. The molecule has 2 heteroatoms. The SMILES string of the molecule is CC(C)(N)C1CCCNC1. The van der Waals surface area contributed by atoms with E-state index >= 15 is 0 Å². The Morgan fingerprint density at radius 1 is 1.50 bits per heavy atom. The van der Waals surface area contributed by atoms with E-state index in [1.54, 1.807) is 0 Å². The van der Waals surface area contributed by atoms with Crippen molar-refractivity contribution in [1.29, 1.82) is 0 Å². The van der Waals surface area contributed by atoms with Crippen LogP contribution in [0.1, 0.15) is 26.7 Å². The average Bonchev–Trinajstić information content (AvgIpc) is 1.88. The molecule has 1 aliphatic heterocycles. The third-order valence-electron chi connectivity index (χ3n) is 2.35. The van der Waals surface area contributed by atoms with Crippen molar-refractivity contribution in [3.63, 3.8) is 0 Å². The van der Waals surface area contributed by atoms with Crippen LogP contribution in [0.3, 0.4) is 0 Å². The van der Waals surface area contributed by atoms with Crippen LogP contribution in [-0.4, -0.2) is 18.6 Å². The molecule has 0 aliphatic carbocycles. The molecule has 0 amide bonds. The molecule has 1 saturated heterocycles. The Kier molecular flexibility index (Phi) is 2.32. The van der Waals surface area contributed by atoms with Crippen molar-refractivity contribution >= 4 is 0 Å². The summed E-state index contributed by atoms with van der Waals surface area (Å²) >= 11 is 0. The third-order valence-corrected chi connectivity index (χ3v) is 2.35. The summed E-state index contributed by atoms with van der Waals surface area (Å²) in [5.74, 6) is 0.668. The molecule has 0 aromatic rings. The van der Waals surface area contributed by atoms with Gasteiger partial charge in [0.15, 0.2) is 0 Å². The van der Waals surface area contributed by atoms with E-state index in [1.165, 1.54) is 19.4 Å². The van der Waals surface area contributed by atoms with Gasteiger partial charge in [-0.25, -0.2) is 0 Å². The van der Waals surface area contributed by atoms with E-state index < -0.39 is 0 Å². The summed E-state index contributed by atoms with van der Waals surface area (Å²) in [6.07, 6.45) is 2.57. The van der Waals surface area contributed by atoms with Gasteiger partial charge in [0.1, 0.15) is 0 Å². The zero-order valence-corrected chi connectivity index (χ0v) is 6.98. The lowest BCUT2D eigenvalue weighted by Crippen LogP contribution is -2.48. The minimum Gasteiger partial charge on any atom is -0.325 e. The zero-order valence-electron chi connectivity index (χ0n) is 6.98. The van der Waals surface area contributed by atoms with Gasteiger partial charge >= 0.3 is 0 Å². The first kappa shape index (κ1) is 8.02. The molecule has 1 aliphatic rings. The maximum absolute atomic E-state index is 5.97. The molecule has 3 N–H and O–H groups in total. The highest BCUT2D eigenvalue weighted by Crippen LogP contribution is 2.20. The van der Waals surface area contributed by atoms with E-state index in [0.717, 1.165) is 6.54 Å². The third kappa shape index (κ3) is 1.96. The summed E-state index contributed by atoms with van der Waals surface area (Å²) in [5, 5.41) is 3.36. The van der Waals surface area contributed by atoms with Crippen molar-refractivity contribution in [2.45, 2.75) is 32.2 Å². The molecule has 1 unspecified atom stereocenters. The first-order valence-electron chi connectivity index (χ1n) is 4.10. The predicted octanol–water partition coefficient (Wildman–Crippen LogP) is 0.723. The van der Waals surface area contributed by atoms with Crippen molar-refractivity contribution in [2.75, 3.05) is 13.1 Å². The van der Waals surface area contributed by atoms with Crippen LogP contribution in [0.5, 0.6) is 0 Å². The molecule has 0 bridgehead atoms. The lowest BCUT2D eigenvalue weighted by molar-refractivity contribution is 0.255. The molecule has 0 radical (unpaired) electrons. The van der Waals surface area contributed by atoms with Gasteiger partial charge in [0.25, 0.3) is 0 Å². The van der Waals surface area contributed by atoms with E-state index in [-0.39, 0.29) is 5.54 Å². The summed E-state index contributed by atoms with van der Waals surface area (Å²) < 4.78 is 0. The Hall–Kier alpha value is -0.0800. The number of nitrogens with two attached hydrogens (primary N) is 1. The molecule has 1 fully saturated rings. The van der Waals surface area contributed by atoms with Gasteiger partial charge in [-0.05, 0) is 45.7 Å². The average molecular weight is 142 g/mol. The minimum absolute atomic E-state index is 0.00736. The van der Waals surface area contributed by atoms with Crippen LogP contribution in [0.15, 0.2) is 0 Å². The molecule has 0 spiro atoms. The first-order chi connectivity index (χ1) is 4.61. The summed E-state index contributed by atoms with van der Waals surface area (Å²) in [5.41, 5.74) is 5.98. The highest BCUT2D eigenvalue weighted by atomic mass is 14.9. The lowest BCUT2D eigenvalue weighted by atomic mass is 9.83. The fraction of sp³-hybridized carbons (Fsp3) is 1.00. The van der Waals surface area contributed by atoms with Crippen molar-refractivity contribution in [3.05, 3.63) is 0 Å². The van der Waals surface area contributed by atoms with E-state index in [9.17, 15) is 0 Å². The minimum atomic E-state index is 0.00736. The molecule has 0 aromatic heterocycles. The van der Waals surface area contributed by atoms with Crippen LogP contribution in [-0.2, 0) is 0 Å². The van der Waals surface area contributed by atoms with E-state index in [0.29, 0.717) is 5.92 Å². The number of piperidine rings is 1. The highest BCUT2D eigenvalue weighted by molar-refractivity contribution is 4.85. The maximum atomic E-state index is 5.97. The Morgan fingerprint density at radius 2 is 2.20 bits per heavy atom. The van der Waals surface area contributed by atoms with Gasteiger partial charge in [-0.2, -0.15) is 0 Å². The normalized spacial score (nSPS) is 28.5. The number of nitrogens with one attached hydrogen (secondary N) is 1. The van der Waals surface area contributed by atoms with Gasteiger partial charge in [0.05, 0.1) is 0 Å². The van der Waals surface area contributed by atoms with Crippen LogP contribution in [0.4, 0.5) is 0 Å². The topological polar surface area (TPSA) is 38.0 Å². The smallest absolute Gasteiger partial charge is 0.0137 e. The van der Waals surface area contributed by atoms with E-state index in [4.69, 9.17) is 5.73 Å². The van der Waals surface area contributed by atoms with Crippen LogP contribution in [0.2, 0.25) is 0 Å². The molecule has 1 atom stereocenters. The fourth-order valence-corrected chi connectivity index (χ4v) is 1.49. The first-order valence-corrected chi connectivity index (χ1v) is 4.10. The predicted molar refractivity (Wildman–Crippen MR) is 43.9 cm³/mol. The molecule has 1 rings (SSSR count). The Bertz CT molecular complexity index is 98.3. The van der Waals surface area contributed by atoms with Crippen LogP contribution in [0.25, 0.3) is 0 Å². The molecule has 10 heavy (non-hydrogen) atoms. The van der Waals surface area contributed by atoms with Gasteiger partial charge in [-0.3, -0.25) is 0 Å². The summed E-state index contributed by atoms with van der Waals surface area (Å²) in [7, 11) is 0. The van der Waals surface area contributed by atoms with Gasteiger partial charge in [-0.15, -0.1) is 0 Å². The van der Waals surface area contributed by atoms with Crippen LogP contribution >= 0.6 is 0 Å². The van der Waals surface area contributed by atoms with E-state index in [2.05, 4.69) is 19.2 Å². The number of rotatable bonds is 1. The molecule has 60 valence electrons. The number of hydrogen-bond donors (Lipinski definition) is 2. The van der Waals surface area contributed by atoms with Crippen molar-refractivity contribution < 1.29 is 0 Å². The molecule has 2 nitrogen and oxygen atoms in total. The summed E-state index contributed by atoms with van der Waals surface area (Å²) in [6, 6.07) is 0. The van der Waals surface area contributed by atoms with Gasteiger partial charge in [0.2, 0.25) is 0 Å². The summed E-state index contributed by atoms with van der Waals surface area (Å²) in [6.45, 7) is 6.51. The molecule has 0 saturated carbocycles. The van der Waals surface area contributed by atoms with Crippen molar-refractivity contribution in [3.8, 4) is 0 Å². The second-order valence-electron chi connectivity index (χ2n) is 3.86. The largest absolute Gasteiger partial charge is 0.325 e. The van der Waals surface area contributed by atoms with Crippen LogP contribution < -0.4 is 11.1 Å². The molecular formula is C8H18N2. The Morgan fingerprint density at radius 3 is 2.50 bits per heavy atom. The lowest BCUT2D eigenvalue weighted by Gasteiger charge is -2.33. The summed E-state index contributed by atoms with van der Waals surface area (Å²) in [4.78, 5) is 0. The maximum Gasteiger partial charge on any atom is 0.0137 e. The second kappa shape index (κ2) is 2.89. The van der Waals surface area contributed by atoms with Crippen molar-refractivity contribution in [2.24, 2.45) is 11.7 Å². The monoisotopic (exact) mass is 142 g/mol. The van der Waals surface area contributed by atoms with E-state index in [1.807, 2.05) is 0 Å². The molecule has 0 aromatic carbocycles.